The lowest BCUT2D eigenvalue weighted by Gasteiger charge is -2.31. The van der Waals surface area contributed by atoms with E-state index in [4.69, 9.17) is 18.9 Å². The molecule has 0 bridgehead atoms. The molecule has 0 radical (unpaired) electrons. The molecule has 2 aliphatic heterocycles. The fourth-order valence-electron chi connectivity index (χ4n) is 5.22. The van der Waals surface area contributed by atoms with Gasteiger partial charge in [-0.15, -0.1) is 0 Å². The summed E-state index contributed by atoms with van der Waals surface area (Å²) in [5, 5.41) is 5.61. The zero-order valence-electron chi connectivity index (χ0n) is 26.2. The molecule has 2 heterocycles. The van der Waals surface area contributed by atoms with Crippen LogP contribution in [0.4, 0.5) is 0 Å². The molecule has 240 valence electrons. The minimum Gasteiger partial charge on any atom is -0.381 e. The maximum Gasteiger partial charge on any atom is 0.245 e. The van der Waals surface area contributed by atoms with Crippen LogP contribution in [0.15, 0.2) is 0 Å². The highest BCUT2D eigenvalue weighted by molar-refractivity contribution is 5.77. The Hall–Kier alpha value is -1.30. The second-order valence-electron chi connectivity index (χ2n) is 11.7. The van der Waals surface area contributed by atoms with Crippen LogP contribution >= 0.6 is 0 Å². The molecule has 0 aliphatic carbocycles. The minimum absolute atomic E-state index is 0.0119. The zero-order valence-corrected chi connectivity index (χ0v) is 26.2. The lowest BCUT2D eigenvalue weighted by molar-refractivity contribution is -0.125. The van der Waals surface area contributed by atoms with Crippen LogP contribution in [0.5, 0.6) is 0 Å². The van der Waals surface area contributed by atoms with E-state index in [1.54, 1.807) is 7.05 Å². The van der Waals surface area contributed by atoms with E-state index in [0.717, 1.165) is 97.2 Å². The molecule has 0 aromatic heterocycles. The van der Waals surface area contributed by atoms with Gasteiger partial charge in [-0.3, -0.25) is 9.59 Å². The topological polar surface area (TPSA) is 102 Å². The largest absolute Gasteiger partial charge is 0.381 e. The monoisotopic (exact) mass is 584 g/mol. The summed E-state index contributed by atoms with van der Waals surface area (Å²) >= 11 is 0. The number of amides is 2. The quantitative estimate of drug-likeness (QED) is 0.167. The number of carbonyl (C=O) groups excluding carboxylic acids is 2. The minimum atomic E-state index is -0.0119. The Morgan fingerprint density at radius 2 is 1.20 bits per heavy atom. The van der Waals surface area contributed by atoms with Crippen molar-refractivity contribution in [2.75, 3.05) is 106 Å². The molecular weight excluding hydrogens is 524 g/mol. The maximum atomic E-state index is 12.1. The highest BCUT2D eigenvalue weighted by atomic mass is 16.5. The third-order valence-corrected chi connectivity index (χ3v) is 8.20. The Morgan fingerprint density at radius 3 is 1.76 bits per heavy atom. The van der Waals surface area contributed by atoms with Gasteiger partial charge < -0.3 is 39.4 Å². The summed E-state index contributed by atoms with van der Waals surface area (Å²) in [6.45, 7) is 14.7. The van der Waals surface area contributed by atoms with Gasteiger partial charge in [0.15, 0.2) is 0 Å². The van der Waals surface area contributed by atoms with Crippen LogP contribution in [-0.4, -0.2) is 127 Å². The molecule has 0 saturated carbocycles. The Morgan fingerprint density at radius 1 is 0.683 bits per heavy atom. The molecule has 10 heteroatoms. The van der Waals surface area contributed by atoms with Gasteiger partial charge >= 0.3 is 0 Å². The Labute approximate surface area is 249 Å². The van der Waals surface area contributed by atoms with Crippen molar-refractivity contribution in [3.63, 3.8) is 0 Å². The lowest BCUT2D eigenvalue weighted by Crippen LogP contribution is -2.37. The van der Waals surface area contributed by atoms with Crippen LogP contribution in [0.2, 0.25) is 0 Å². The molecule has 2 amide bonds. The van der Waals surface area contributed by atoms with Crippen LogP contribution in [0.3, 0.4) is 0 Å². The third-order valence-electron chi connectivity index (χ3n) is 8.20. The van der Waals surface area contributed by atoms with Gasteiger partial charge in [0, 0.05) is 59.5 Å². The predicted molar refractivity (Wildman–Crippen MR) is 162 cm³/mol. The molecule has 10 nitrogen and oxygen atoms in total. The fraction of sp³-hybridized carbons (Fsp3) is 0.935. The van der Waals surface area contributed by atoms with Crippen molar-refractivity contribution in [1.82, 2.24) is 20.4 Å². The van der Waals surface area contributed by atoms with Crippen LogP contribution in [0.25, 0.3) is 0 Å². The van der Waals surface area contributed by atoms with Gasteiger partial charge in [0.2, 0.25) is 11.8 Å². The fourth-order valence-corrected chi connectivity index (χ4v) is 5.22. The number of nitrogens with zero attached hydrogens (tertiary/aromatic N) is 2. The molecule has 41 heavy (non-hydrogen) atoms. The molecule has 0 spiro atoms. The van der Waals surface area contributed by atoms with Crippen molar-refractivity contribution in [2.24, 2.45) is 11.8 Å². The van der Waals surface area contributed by atoms with Crippen molar-refractivity contribution < 1.29 is 28.5 Å². The van der Waals surface area contributed by atoms with Gasteiger partial charge in [-0.25, -0.2) is 0 Å². The smallest absolute Gasteiger partial charge is 0.245 e. The number of unbranched alkanes of at least 4 members (excludes halogenated alkanes) is 2. The number of likely N-dealkylation sites (tertiary alicyclic amines) is 2. The average molecular weight is 585 g/mol. The number of hydrogen-bond acceptors (Lipinski definition) is 8. The molecule has 2 aliphatic rings. The van der Waals surface area contributed by atoms with Gasteiger partial charge in [0.05, 0.1) is 19.8 Å². The first kappa shape index (κ1) is 35.9. The van der Waals surface area contributed by atoms with E-state index in [-0.39, 0.29) is 18.4 Å². The van der Waals surface area contributed by atoms with E-state index in [1.807, 2.05) is 0 Å². The standard InChI is InChI=1S/C31H60N4O6/c1-28-8-14-34(15-9-28)18-25-40-22-5-6-23-41-27-31(37)33-13-7-29-10-16-35(17-11-29)19-26-39-21-4-3-20-38-24-12-30(36)32-2/h28-29H,3-27H2,1-2H3,(H,32,36)(H,33,37). The number of nitrogens with one attached hydrogen (secondary N) is 2. The normalized spacial score (nSPS) is 17.6. The second kappa shape index (κ2) is 24.2. The first-order valence-electron chi connectivity index (χ1n) is 16.3. The summed E-state index contributed by atoms with van der Waals surface area (Å²) in [5.41, 5.74) is 0. The Kier molecular flexibility index (Phi) is 21.2. The van der Waals surface area contributed by atoms with Crippen LogP contribution in [0, 0.1) is 11.8 Å². The van der Waals surface area contributed by atoms with Crippen molar-refractivity contribution >= 4 is 11.8 Å². The van der Waals surface area contributed by atoms with E-state index >= 15 is 0 Å². The van der Waals surface area contributed by atoms with Crippen LogP contribution in [0.1, 0.15) is 71.1 Å². The number of carbonyl (C=O) groups is 2. The van der Waals surface area contributed by atoms with Crippen LogP contribution < -0.4 is 10.6 Å². The third kappa shape index (κ3) is 19.5. The van der Waals surface area contributed by atoms with Gasteiger partial charge in [-0.2, -0.15) is 0 Å². The summed E-state index contributed by atoms with van der Waals surface area (Å²) in [6.07, 6.45) is 10.3. The second-order valence-corrected chi connectivity index (χ2v) is 11.7. The SMILES string of the molecule is CNC(=O)CCOCCCCOCCN1CCC(CCNC(=O)COCCCCOCCN2CCC(C)CC2)CC1. The summed E-state index contributed by atoms with van der Waals surface area (Å²) in [5.74, 6) is 1.55. The molecule has 0 atom stereocenters. The van der Waals surface area contributed by atoms with Crippen molar-refractivity contribution in [1.29, 1.82) is 0 Å². The molecule has 2 fully saturated rings. The zero-order chi connectivity index (χ0) is 29.4. The highest BCUT2D eigenvalue weighted by Crippen LogP contribution is 2.19. The molecule has 0 unspecified atom stereocenters. The van der Waals surface area contributed by atoms with E-state index in [0.29, 0.717) is 32.2 Å². The number of hydrogen-bond donors (Lipinski definition) is 2. The van der Waals surface area contributed by atoms with Crippen molar-refractivity contribution in [2.45, 2.75) is 71.1 Å². The Bertz CT molecular complexity index is 655. The van der Waals surface area contributed by atoms with Crippen molar-refractivity contribution in [3.05, 3.63) is 0 Å². The van der Waals surface area contributed by atoms with Crippen LogP contribution in [-0.2, 0) is 28.5 Å². The molecule has 2 saturated heterocycles. The number of ether oxygens (including phenoxy) is 4. The first-order chi connectivity index (χ1) is 20.1. The van der Waals surface area contributed by atoms with Crippen molar-refractivity contribution in [3.8, 4) is 0 Å². The van der Waals surface area contributed by atoms with E-state index < -0.39 is 0 Å². The molecular formula is C31H60N4O6. The lowest BCUT2D eigenvalue weighted by atomic mass is 9.93. The van der Waals surface area contributed by atoms with Gasteiger partial charge in [0.1, 0.15) is 6.61 Å². The Balaban J connectivity index is 1.29. The van der Waals surface area contributed by atoms with E-state index in [9.17, 15) is 9.59 Å². The first-order valence-corrected chi connectivity index (χ1v) is 16.3. The van der Waals surface area contributed by atoms with E-state index in [1.165, 1.54) is 38.8 Å². The van der Waals surface area contributed by atoms with Gasteiger partial charge in [-0.1, -0.05) is 6.92 Å². The number of piperidine rings is 2. The molecule has 2 N–H and O–H groups in total. The predicted octanol–water partition coefficient (Wildman–Crippen LogP) is 2.70. The summed E-state index contributed by atoms with van der Waals surface area (Å²) in [7, 11) is 1.64. The summed E-state index contributed by atoms with van der Waals surface area (Å²) in [6, 6.07) is 0. The average Bonchev–Trinajstić information content (AvgIpc) is 2.98. The van der Waals surface area contributed by atoms with Gasteiger partial charge in [0.25, 0.3) is 0 Å². The summed E-state index contributed by atoms with van der Waals surface area (Å²) < 4.78 is 22.5. The maximum absolute atomic E-state index is 12.1. The number of rotatable bonds is 24. The molecule has 2 rings (SSSR count). The summed E-state index contributed by atoms with van der Waals surface area (Å²) in [4.78, 5) is 28.2. The molecule has 0 aromatic carbocycles. The molecule has 0 aromatic rings. The van der Waals surface area contributed by atoms with Gasteiger partial charge in [-0.05, 0) is 95.8 Å². The highest BCUT2D eigenvalue weighted by Gasteiger charge is 2.19. The van der Waals surface area contributed by atoms with E-state index in [2.05, 4.69) is 27.4 Å².